The normalized spacial score (nSPS) is 11.6. The van der Waals surface area contributed by atoms with E-state index in [2.05, 4.69) is 40.8 Å². The van der Waals surface area contributed by atoms with Gasteiger partial charge in [-0.1, -0.05) is 13.8 Å². The van der Waals surface area contributed by atoms with E-state index in [1.165, 1.54) is 30.7 Å². The lowest BCUT2D eigenvalue weighted by atomic mass is 10.0. The van der Waals surface area contributed by atoms with Crippen molar-refractivity contribution < 1.29 is 13.6 Å². The van der Waals surface area contributed by atoms with Crippen LogP contribution in [0.1, 0.15) is 13.8 Å². The summed E-state index contributed by atoms with van der Waals surface area (Å²) in [6, 6.07) is 8.11. The van der Waals surface area contributed by atoms with Crippen LogP contribution < -0.4 is 10.6 Å². The number of benzene rings is 1. The Morgan fingerprint density at radius 1 is 1.00 bits per heavy atom. The largest absolute Gasteiger partial charge is 0.384 e. The topological polar surface area (TPSA) is 140 Å². The number of carbonyl (C=O) groups is 1. The fourth-order valence-corrected chi connectivity index (χ4v) is 4.80. The Hall–Kier alpha value is -5.30. The third kappa shape index (κ3) is 5.69. The third-order valence-corrected chi connectivity index (χ3v) is 7.05. The van der Waals surface area contributed by atoms with Gasteiger partial charge < -0.3 is 20.5 Å². The van der Waals surface area contributed by atoms with Crippen LogP contribution >= 0.6 is 0 Å². The number of aromatic amines is 2. The van der Waals surface area contributed by atoms with Crippen molar-refractivity contribution in [2.24, 2.45) is 5.92 Å². The summed E-state index contributed by atoms with van der Waals surface area (Å²) in [6.45, 7) is 4.99. The van der Waals surface area contributed by atoms with E-state index in [1.807, 2.05) is 25.1 Å². The molecule has 0 radical (unpaired) electrons. The number of hydrogen-bond acceptors (Lipinski definition) is 8. The highest BCUT2D eigenvalue weighted by atomic mass is 19.1. The minimum atomic E-state index is -0.632. The van der Waals surface area contributed by atoms with Crippen LogP contribution in [0, 0.1) is 17.6 Å². The van der Waals surface area contributed by atoms with Crippen LogP contribution in [-0.2, 0) is 4.79 Å². The first-order valence-electron chi connectivity index (χ1n) is 14.0. The molecule has 44 heavy (non-hydrogen) atoms. The highest BCUT2D eigenvalue weighted by Gasteiger charge is 2.22. The number of carbonyl (C=O) groups excluding carboxylic acids is 1. The van der Waals surface area contributed by atoms with E-state index in [4.69, 9.17) is 4.98 Å². The second kappa shape index (κ2) is 11.8. The molecule has 6 aromatic rings. The average Bonchev–Trinajstić information content (AvgIpc) is 3.62. The number of amides is 1. The van der Waals surface area contributed by atoms with Crippen molar-refractivity contribution in [3.8, 4) is 33.9 Å². The first kappa shape index (κ1) is 28.8. The molecule has 0 aliphatic carbocycles. The summed E-state index contributed by atoms with van der Waals surface area (Å²) in [5.74, 6) is -1.16. The summed E-state index contributed by atoms with van der Waals surface area (Å²) in [4.78, 5) is 34.9. The summed E-state index contributed by atoms with van der Waals surface area (Å²) < 4.78 is 30.8. The van der Waals surface area contributed by atoms with Crippen molar-refractivity contribution in [2.45, 2.75) is 13.8 Å². The van der Waals surface area contributed by atoms with Crippen molar-refractivity contribution in [1.29, 1.82) is 0 Å². The highest BCUT2D eigenvalue weighted by Crippen LogP contribution is 2.35. The maximum absolute atomic E-state index is 16.2. The van der Waals surface area contributed by atoms with Gasteiger partial charge in [0.2, 0.25) is 5.91 Å². The number of nitrogens with one attached hydrogen (secondary N) is 4. The van der Waals surface area contributed by atoms with Gasteiger partial charge in [0.05, 0.1) is 29.0 Å². The van der Waals surface area contributed by atoms with E-state index >= 15 is 4.39 Å². The summed E-state index contributed by atoms with van der Waals surface area (Å²) in [5.41, 5.74) is 4.28. The van der Waals surface area contributed by atoms with E-state index < -0.39 is 11.6 Å². The van der Waals surface area contributed by atoms with Gasteiger partial charge in [-0.15, -0.1) is 0 Å². The molecule has 5 heterocycles. The van der Waals surface area contributed by atoms with Gasteiger partial charge in [-0.25, -0.2) is 18.7 Å². The second-order valence-corrected chi connectivity index (χ2v) is 11.0. The highest BCUT2D eigenvalue weighted by molar-refractivity contribution is 5.98. The fourth-order valence-electron chi connectivity index (χ4n) is 4.80. The van der Waals surface area contributed by atoms with Gasteiger partial charge >= 0.3 is 0 Å². The molecule has 0 saturated heterocycles. The summed E-state index contributed by atoms with van der Waals surface area (Å²) >= 11 is 0. The van der Waals surface area contributed by atoms with Crippen LogP contribution in [0.5, 0.6) is 0 Å². The number of imidazole rings is 1. The van der Waals surface area contributed by atoms with Crippen LogP contribution in [-0.4, -0.2) is 73.1 Å². The van der Waals surface area contributed by atoms with Crippen LogP contribution in [0.15, 0.2) is 55.1 Å². The SMILES string of the molecule is CC(C)C(=O)Nc1cncc(-c2ncc3[nH]nc(-c4nc5c(-c6cc(F)cc(NCCN(C)C)c6)ccnc5[nH]4)c3c2F)c1. The van der Waals surface area contributed by atoms with Crippen molar-refractivity contribution >= 4 is 39.3 Å². The predicted molar refractivity (Wildman–Crippen MR) is 166 cm³/mol. The van der Waals surface area contributed by atoms with Gasteiger partial charge in [-0.3, -0.25) is 19.9 Å². The molecule has 4 N–H and O–H groups in total. The number of rotatable bonds is 9. The Balaban J connectivity index is 1.39. The predicted octanol–water partition coefficient (Wildman–Crippen LogP) is 5.47. The van der Waals surface area contributed by atoms with E-state index in [9.17, 15) is 9.18 Å². The number of nitrogens with zero attached hydrogens (tertiary/aromatic N) is 6. The first-order chi connectivity index (χ1) is 21.2. The zero-order valence-corrected chi connectivity index (χ0v) is 24.5. The van der Waals surface area contributed by atoms with Crippen LogP contribution in [0.2, 0.25) is 0 Å². The van der Waals surface area contributed by atoms with Gasteiger partial charge in [0, 0.05) is 48.2 Å². The van der Waals surface area contributed by atoms with Crippen molar-refractivity contribution in [1.82, 2.24) is 40.0 Å². The number of likely N-dealkylation sites (N-methyl/N-ethyl adjacent to an activating group) is 1. The maximum atomic E-state index is 16.2. The maximum Gasteiger partial charge on any atom is 0.226 e. The lowest BCUT2D eigenvalue weighted by Gasteiger charge is -2.12. The summed E-state index contributed by atoms with van der Waals surface area (Å²) in [7, 11) is 3.94. The molecule has 0 atom stereocenters. The smallest absolute Gasteiger partial charge is 0.226 e. The Bertz CT molecular complexity index is 2000. The zero-order valence-electron chi connectivity index (χ0n) is 24.5. The van der Waals surface area contributed by atoms with Gasteiger partial charge in [0.1, 0.15) is 22.7 Å². The molecule has 0 bridgehead atoms. The zero-order chi connectivity index (χ0) is 31.0. The minimum absolute atomic E-state index is 0.0391. The number of fused-ring (bicyclic) bond motifs is 2. The summed E-state index contributed by atoms with van der Waals surface area (Å²) in [6.07, 6.45) is 6.05. The molecule has 11 nitrogen and oxygen atoms in total. The van der Waals surface area contributed by atoms with Crippen LogP contribution in [0.4, 0.5) is 20.2 Å². The van der Waals surface area contributed by atoms with Gasteiger partial charge in [0.15, 0.2) is 17.3 Å². The van der Waals surface area contributed by atoms with Crippen LogP contribution in [0.25, 0.3) is 56.0 Å². The quantitative estimate of drug-likeness (QED) is 0.172. The monoisotopic (exact) mass is 596 g/mol. The first-order valence-corrected chi connectivity index (χ1v) is 14.0. The molecule has 13 heteroatoms. The second-order valence-electron chi connectivity index (χ2n) is 11.0. The molecule has 0 saturated carbocycles. The standard InChI is InChI=1S/C31H30F2N10O/c1-16(2)31(44)38-21-11-18(13-34-14-21)26-25(33)24-23(15-37-26)41-42-28(24)30-39-27-22(5-6-36-29(27)40-30)17-9-19(32)12-20(10-17)35-7-8-43(3)4/h5-6,9-16,35H,7-8H2,1-4H3,(H,38,44)(H,41,42)(H,36,39,40). The molecule has 224 valence electrons. The molecule has 0 fully saturated rings. The average molecular weight is 597 g/mol. The Morgan fingerprint density at radius 2 is 1.82 bits per heavy atom. The number of halogens is 2. The molecule has 0 aliphatic rings. The van der Waals surface area contributed by atoms with Crippen molar-refractivity contribution in [3.05, 3.63) is 66.8 Å². The molecular weight excluding hydrogens is 566 g/mol. The Kier molecular flexibility index (Phi) is 7.70. The molecular formula is C31H30F2N10O. The van der Waals surface area contributed by atoms with Crippen molar-refractivity contribution in [3.63, 3.8) is 0 Å². The lowest BCUT2D eigenvalue weighted by molar-refractivity contribution is -0.118. The number of anilines is 2. The van der Waals surface area contributed by atoms with Gasteiger partial charge in [-0.05, 0) is 50.0 Å². The number of H-pyrrole nitrogens is 2. The molecule has 6 rings (SSSR count). The molecule has 0 spiro atoms. The van der Waals surface area contributed by atoms with Crippen LogP contribution in [0.3, 0.4) is 0 Å². The van der Waals surface area contributed by atoms with E-state index in [-0.39, 0.29) is 34.4 Å². The summed E-state index contributed by atoms with van der Waals surface area (Å²) in [5, 5.41) is 13.4. The van der Waals surface area contributed by atoms with Gasteiger partial charge in [0.25, 0.3) is 0 Å². The molecule has 1 aromatic carbocycles. The molecule has 0 aliphatic heterocycles. The lowest BCUT2D eigenvalue weighted by Crippen LogP contribution is -2.20. The minimum Gasteiger partial charge on any atom is -0.384 e. The Morgan fingerprint density at radius 3 is 2.61 bits per heavy atom. The third-order valence-electron chi connectivity index (χ3n) is 7.05. The molecule has 1 amide bonds. The van der Waals surface area contributed by atoms with E-state index in [0.717, 1.165) is 6.54 Å². The Labute approximate surface area is 251 Å². The number of aromatic nitrogens is 7. The molecule has 0 unspecified atom stereocenters. The number of pyridine rings is 3. The number of hydrogen-bond donors (Lipinski definition) is 4. The van der Waals surface area contributed by atoms with E-state index in [1.54, 1.807) is 32.2 Å². The van der Waals surface area contributed by atoms with E-state index in [0.29, 0.717) is 51.3 Å². The van der Waals surface area contributed by atoms with Gasteiger partial charge in [-0.2, -0.15) is 5.10 Å². The van der Waals surface area contributed by atoms with Crippen molar-refractivity contribution in [2.75, 3.05) is 37.8 Å². The fraction of sp³-hybridized carbons (Fsp3) is 0.226. The molecule has 5 aromatic heterocycles.